The number of para-hydroxylation sites is 2. The number of rotatable bonds is 7. The SMILES string of the molecule is Cc1nc(-c2ccc(Cl)cc2)sc1C(=O)OCC(=O)Nc1ccccc1OC(F)F. The van der Waals surface area contributed by atoms with Gasteiger partial charge in [0, 0.05) is 10.6 Å². The van der Waals surface area contributed by atoms with E-state index in [0.717, 1.165) is 16.9 Å². The van der Waals surface area contributed by atoms with Crippen molar-refractivity contribution in [2.24, 2.45) is 0 Å². The van der Waals surface area contributed by atoms with Crippen LogP contribution in [0.3, 0.4) is 0 Å². The molecule has 6 nitrogen and oxygen atoms in total. The molecule has 156 valence electrons. The molecule has 0 radical (unpaired) electrons. The van der Waals surface area contributed by atoms with Crippen LogP contribution in [0.2, 0.25) is 5.02 Å². The summed E-state index contributed by atoms with van der Waals surface area (Å²) in [5.74, 6) is -1.61. The maximum Gasteiger partial charge on any atom is 0.387 e. The lowest BCUT2D eigenvalue weighted by atomic mass is 10.2. The summed E-state index contributed by atoms with van der Waals surface area (Å²) < 4.78 is 34.3. The number of carbonyl (C=O) groups excluding carboxylic acids is 2. The molecule has 3 rings (SSSR count). The number of esters is 1. The zero-order chi connectivity index (χ0) is 21.7. The molecule has 1 heterocycles. The Labute approximate surface area is 179 Å². The van der Waals surface area contributed by atoms with Gasteiger partial charge >= 0.3 is 12.6 Å². The van der Waals surface area contributed by atoms with Crippen LogP contribution in [-0.4, -0.2) is 30.1 Å². The van der Waals surface area contributed by atoms with Crippen molar-refractivity contribution < 1.29 is 27.8 Å². The lowest BCUT2D eigenvalue weighted by Crippen LogP contribution is -2.21. The molecule has 10 heteroatoms. The number of halogens is 3. The van der Waals surface area contributed by atoms with Crippen LogP contribution in [-0.2, 0) is 9.53 Å². The number of carbonyl (C=O) groups is 2. The molecule has 2 aromatic carbocycles. The van der Waals surface area contributed by atoms with Gasteiger partial charge in [0.1, 0.15) is 15.6 Å². The van der Waals surface area contributed by atoms with E-state index in [1.54, 1.807) is 37.3 Å². The Bertz CT molecular complexity index is 1060. The first-order valence-electron chi connectivity index (χ1n) is 8.57. The molecule has 30 heavy (non-hydrogen) atoms. The van der Waals surface area contributed by atoms with Crippen LogP contribution >= 0.6 is 22.9 Å². The Morgan fingerprint density at radius 1 is 1.17 bits per heavy atom. The van der Waals surface area contributed by atoms with E-state index in [1.165, 1.54) is 18.2 Å². The molecule has 0 aliphatic rings. The number of nitrogens with zero attached hydrogens (tertiary/aromatic N) is 1. The maximum atomic E-state index is 12.4. The largest absolute Gasteiger partial charge is 0.451 e. The summed E-state index contributed by atoms with van der Waals surface area (Å²) in [7, 11) is 0. The summed E-state index contributed by atoms with van der Waals surface area (Å²) in [4.78, 5) is 29.0. The zero-order valence-corrected chi connectivity index (χ0v) is 17.1. The van der Waals surface area contributed by atoms with Gasteiger partial charge in [-0.1, -0.05) is 35.9 Å². The van der Waals surface area contributed by atoms with Crippen molar-refractivity contribution in [3.63, 3.8) is 0 Å². The Morgan fingerprint density at radius 2 is 1.87 bits per heavy atom. The summed E-state index contributed by atoms with van der Waals surface area (Å²) >= 11 is 7.00. The van der Waals surface area contributed by atoms with Gasteiger partial charge in [-0.25, -0.2) is 9.78 Å². The fraction of sp³-hybridized carbons (Fsp3) is 0.150. The quantitative estimate of drug-likeness (QED) is 0.500. The molecular weight excluding hydrogens is 438 g/mol. The predicted octanol–water partition coefficient (Wildman–Crippen LogP) is 5.17. The van der Waals surface area contributed by atoms with Crippen LogP contribution in [0.15, 0.2) is 48.5 Å². The summed E-state index contributed by atoms with van der Waals surface area (Å²) in [6, 6.07) is 12.7. The van der Waals surface area contributed by atoms with Crippen molar-refractivity contribution in [1.82, 2.24) is 4.98 Å². The van der Waals surface area contributed by atoms with E-state index < -0.39 is 25.1 Å². The van der Waals surface area contributed by atoms with E-state index in [9.17, 15) is 18.4 Å². The van der Waals surface area contributed by atoms with Gasteiger partial charge in [-0.05, 0) is 31.2 Å². The number of nitrogens with one attached hydrogen (secondary N) is 1. The number of aryl methyl sites for hydroxylation is 1. The van der Waals surface area contributed by atoms with E-state index >= 15 is 0 Å². The number of aromatic nitrogens is 1. The number of alkyl halides is 2. The van der Waals surface area contributed by atoms with Gasteiger partial charge in [-0.15, -0.1) is 11.3 Å². The molecule has 0 fully saturated rings. The minimum atomic E-state index is -3.04. The summed E-state index contributed by atoms with van der Waals surface area (Å²) in [5.41, 5.74) is 1.30. The Morgan fingerprint density at radius 3 is 2.57 bits per heavy atom. The standard InChI is InChI=1S/C20H15ClF2N2O4S/c1-11-17(30-18(24-11)12-6-8-13(21)9-7-12)19(27)28-10-16(26)25-14-4-2-3-5-15(14)29-20(22)23/h2-9,20H,10H2,1H3,(H,25,26). The normalized spacial score (nSPS) is 10.7. The second-order valence-electron chi connectivity index (χ2n) is 5.94. The molecule has 0 aliphatic heterocycles. The molecule has 0 atom stereocenters. The molecule has 0 saturated heterocycles. The smallest absolute Gasteiger partial charge is 0.387 e. The summed E-state index contributed by atoms with van der Waals surface area (Å²) in [5, 5.41) is 3.57. The van der Waals surface area contributed by atoms with Gasteiger partial charge in [0.25, 0.3) is 5.91 Å². The topological polar surface area (TPSA) is 77.5 Å². The highest BCUT2D eigenvalue weighted by atomic mass is 35.5. The van der Waals surface area contributed by atoms with Gasteiger partial charge in [0.05, 0.1) is 11.4 Å². The zero-order valence-electron chi connectivity index (χ0n) is 15.5. The van der Waals surface area contributed by atoms with Crippen LogP contribution < -0.4 is 10.1 Å². The van der Waals surface area contributed by atoms with Crippen molar-refractivity contribution in [2.45, 2.75) is 13.5 Å². The van der Waals surface area contributed by atoms with Gasteiger partial charge < -0.3 is 14.8 Å². The minimum absolute atomic E-state index is 0.0397. The van der Waals surface area contributed by atoms with Crippen LogP contribution in [0.4, 0.5) is 14.5 Å². The molecule has 3 aromatic rings. The lowest BCUT2D eigenvalue weighted by Gasteiger charge is -2.11. The van der Waals surface area contributed by atoms with Crippen molar-refractivity contribution in [2.75, 3.05) is 11.9 Å². The lowest BCUT2D eigenvalue weighted by molar-refractivity contribution is -0.119. The summed E-state index contributed by atoms with van der Waals surface area (Å²) in [6.07, 6.45) is 0. The fourth-order valence-corrected chi connectivity index (χ4v) is 3.54. The third-order valence-corrected chi connectivity index (χ3v) is 5.22. The fourth-order valence-electron chi connectivity index (χ4n) is 2.45. The molecule has 1 N–H and O–H groups in total. The molecule has 0 unspecified atom stereocenters. The van der Waals surface area contributed by atoms with E-state index in [4.69, 9.17) is 16.3 Å². The van der Waals surface area contributed by atoms with Gasteiger partial charge in [-0.3, -0.25) is 4.79 Å². The number of ether oxygens (including phenoxy) is 2. The van der Waals surface area contributed by atoms with Crippen LogP contribution in [0.25, 0.3) is 10.6 Å². The molecule has 1 aromatic heterocycles. The Kier molecular flexibility index (Phi) is 6.96. The van der Waals surface area contributed by atoms with E-state index in [0.29, 0.717) is 15.7 Å². The van der Waals surface area contributed by atoms with Gasteiger partial charge in [0.2, 0.25) is 0 Å². The highest BCUT2D eigenvalue weighted by molar-refractivity contribution is 7.17. The Balaban J connectivity index is 1.62. The minimum Gasteiger partial charge on any atom is -0.451 e. The number of thiazole rings is 1. The van der Waals surface area contributed by atoms with Crippen molar-refractivity contribution in [1.29, 1.82) is 0 Å². The van der Waals surface area contributed by atoms with Crippen LogP contribution in [0, 0.1) is 6.92 Å². The third kappa shape index (κ3) is 5.52. The predicted molar refractivity (Wildman–Crippen MR) is 109 cm³/mol. The van der Waals surface area contributed by atoms with Crippen LogP contribution in [0.1, 0.15) is 15.4 Å². The first kappa shape index (κ1) is 21.7. The first-order chi connectivity index (χ1) is 14.3. The average Bonchev–Trinajstić information content (AvgIpc) is 3.09. The second kappa shape index (κ2) is 9.64. The van der Waals surface area contributed by atoms with Crippen molar-refractivity contribution in [3.05, 3.63) is 64.1 Å². The third-order valence-electron chi connectivity index (χ3n) is 3.78. The van der Waals surface area contributed by atoms with E-state index in [-0.39, 0.29) is 16.3 Å². The first-order valence-corrected chi connectivity index (χ1v) is 9.77. The van der Waals surface area contributed by atoms with Gasteiger partial charge in [0.15, 0.2) is 6.61 Å². The number of anilines is 1. The highest BCUT2D eigenvalue weighted by Crippen LogP contribution is 2.29. The molecule has 0 spiro atoms. The molecular formula is C20H15ClF2N2O4S. The van der Waals surface area contributed by atoms with Crippen molar-refractivity contribution >= 4 is 40.5 Å². The number of benzene rings is 2. The Hall–Kier alpha value is -3.04. The monoisotopic (exact) mass is 452 g/mol. The van der Waals surface area contributed by atoms with E-state index in [2.05, 4.69) is 15.0 Å². The maximum absolute atomic E-state index is 12.4. The second-order valence-corrected chi connectivity index (χ2v) is 7.37. The van der Waals surface area contributed by atoms with Crippen molar-refractivity contribution in [3.8, 4) is 16.3 Å². The summed E-state index contributed by atoms with van der Waals surface area (Å²) in [6.45, 7) is -1.98. The molecule has 1 amide bonds. The number of hydrogen-bond acceptors (Lipinski definition) is 6. The average molecular weight is 453 g/mol. The van der Waals surface area contributed by atoms with E-state index in [1.807, 2.05) is 0 Å². The number of hydrogen-bond donors (Lipinski definition) is 1. The van der Waals surface area contributed by atoms with Crippen LogP contribution in [0.5, 0.6) is 5.75 Å². The molecule has 0 saturated carbocycles. The highest BCUT2D eigenvalue weighted by Gasteiger charge is 2.19. The number of amides is 1. The van der Waals surface area contributed by atoms with Gasteiger partial charge in [-0.2, -0.15) is 8.78 Å². The molecule has 0 bridgehead atoms. The molecule has 0 aliphatic carbocycles.